The summed E-state index contributed by atoms with van der Waals surface area (Å²) in [4.78, 5) is 23.2. The molecule has 8 nitrogen and oxygen atoms in total. The van der Waals surface area contributed by atoms with Crippen molar-refractivity contribution in [3.05, 3.63) is 85.2 Å². The van der Waals surface area contributed by atoms with Gasteiger partial charge in [-0.15, -0.1) is 0 Å². The van der Waals surface area contributed by atoms with Crippen LogP contribution in [0.4, 0.5) is 0 Å². The number of ether oxygens (including phenoxy) is 2. The van der Waals surface area contributed by atoms with Crippen molar-refractivity contribution in [2.75, 3.05) is 14.2 Å². The molecule has 0 bridgehead atoms. The van der Waals surface area contributed by atoms with E-state index in [9.17, 15) is 9.59 Å². The number of nitrogens with one attached hydrogen (secondary N) is 2. The molecule has 0 aliphatic rings. The highest BCUT2D eigenvalue weighted by Gasteiger charge is 2.17. The largest absolute Gasteiger partial charge is 0.494 e. The molecular formula is C22H12Cl8N4O4. The second-order valence-corrected chi connectivity index (χ2v) is 10.1. The van der Waals surface area contributed by atoms with Crippen LogP contribution in [0.15, 0.2) is 33.9 Å². The second-order valence-electron chi connectivity index (χ2n) is 7.01. The molecule has 0 spiro atoms. The van der Waals surface area contributed by atoms with Gasteiger partial charge >= 0.3 is 0 Å². The summed E-state index contributed by atoms with van der Waals surface area (Å²) in [5.74, 6) is 0.681. The summed E-state index contributed by atoms with van der Waals surface area (Å²) in [6, 6.07) is 6.22. The van der Waals surface area contributed by atoms with E-state index in [4.69, 9.17) is 102 Å². The van der Waals surface area contributed by atoms with Crippen LogP contribution in [0.5, 0.6) is 11.5 Å². The number of nitrogens with zero attached hydrogens (tertiary/aromatic N) is 2. The molecule has 16 heteroatoms. The highest BCUT2D eigenvalue weighted by Crippen LogP contribution is 2.39. The van der Waals surface area contributed by atoms with Gasteiger partial charge in [-0.3, -0.25) is 19.8 Å². The Morgan fingerprint density at radius 2 is 0.868 bits per heavy atom. The normalized spacial score (nSPS) is 10.6. The Hall–Kier alpha value is -1.88. The molecule has 2 aromatic heterocycles. The summed E-state index contributed by atoms with van der Waals surface area (Å²) < 4.78 is 10.1. The number of benzene rings is 2. The summed E-state index contributed by atoms with van der Waals surface area (Å²) >= 11 is 47.1. The molecule has 0 saturated carbocycles. The van der Waals surface area contributed by atoms with Crippen LogP contribution in [0.2, 0.25) is 40.4 Å². The number of hydrogen-bond donors (Lipinski definition) is 2. The van der Waals surface area contributed by atoms with Crippen molar-refractivity contribution in [3.63, 3.8) is 0 Å². The van der Waals surface area contributed by atoms with E-state index in [-0.39, 0.29) is 51.8 Å². The Morgan fingerprint density at radius 3 is 1.13 bits per heavy atom. The lowest BCUT2D eigenvalue weighted by atomic mass is 10.1. The fourth-order valence-corrected chi connectivity index (χ4v) is 5.13. The van der Waals surface area contributed by atoms with Crippen molar-refractivity contribution >= 4 is 92.8 Å². The zero-order valence-corrected chi connectivity index (χ0v) is 24.9. The Balaban J connectivity index is 0.000000211. The first-order valence-electron chi connectivity index (χ1n) is 9.85. The van der Waals surface area contributed by atoms with Crippen molar-refractivity contribution < 1.29 is 9.47 Å². The lowest BCUT2D eigenvalue weighted by Gasteiger charge is -2.09. The molecule has 0 aliphatic heterocycles. The van der Waals surface area contributed by atoms with Crippen LogP contribution in [0, 0.1) is 0 Å². The van der Waals surface area contributed by atoms with Gasteiger partial charge in [0.05, 0.1) is 45.7 Å². The monoisotopic (exact) mass is 676 g/mol. The third kappa shape index (κ3) is 6.46. The maximum atomic E-state index is 11.6. The molecule has 38 heavy (non-hydrogen) atoms. The average molecular weight is 680 g/mol. The van der Waals surface area contributed by atoms with Crippen LogP contribution < -0.4 is 20.3 Å². The van der Waals surface area contributed by atoms with Gasteiger partial charge in [0.1, 0.15) is 10.0 Å². The Morgan fingerprint density at radius 1 is 0.579 bits per heavy atom. The second kappa shape index (κ2) is 13.0. The van der Waals surface area contributed by atoms with Crippen molar-refractivity contribution in [3.8, 4) is 34.0 Å². The summed E-state index contributed by atoms with van der Waals surface area (Å²) in [6.45, 7) is 0. The Kier molecular flexibility index (Phi) is 10.5. The molecule has 0 fully saturated rings. The molecule has 200 valence electrons. The quantitative estimate of drug-likeness (QED) is 0.226. The topological polar surface area (TPSA) is 110 Å². The van der Waals surface area contributed by atoms with Crippen molar-refractivity contribution in [1.29, 1.82) is 0 Å². The predicted molar refractivity (Wildman–Crippen MR) is 154 cm³/mol. The van der Waals surface area contributed by atoms with Gasteiger partial charge < -0.3 is 9.47 Å². The zero-order chi connectivity index (χ0) is 28.3. The van der Waals surface area contributed by atoms with Crippen LogP contribution in [0.1, 0.15) is 0 Å². The number of hydrogen-bond acceptors (Lipinski definition) is 6. The van der Waals surface area contributed by atoms with Gasteiger partial charge in [-0.05, 0) is 24.3 Å². The van der Waals surface area contributed by atoms with Crippen molar-refractivity contribution in [2.45, 2.75) is 0 Å². The number of aromatic amines is 2. The van der Waals surface area contributed by atoms with Gasteiger partial charge in [-0.2, -0.15) is 10.2 Å². The van der Waals surface area contributed by atoms with E-state index in [1.165, 1.54) is 14.2 Å². The first-order valence-corrected chi connectivity index (χ1v) is 12.9. The fraction of sp³-hybridized carbons (Fsp3) is 0.0909. The average Bonchev–Trinajstić information content (AvgIpc) is 2.86. The number of rotatable bonds is 4. The third-order valence-corrected chi connectivity index (χ3v) is 7.08. The van der Waals surface area contributed by atoms with Gasteiger partial charge in [-0.1, -0.05) is 92.8 Å². The van der Waals surface area contributed by atoms with E-state index < -0.39 is 10.9 Å². The molecule has 4 aromatic rings. The van der Waals surface area contributed by atoms with Crippen LogP contribution in [-0.4, -0.2) is 34.6 Å². The van der Waals surface area contributed by atoms with Gasteiger partial charge in [0.2, 0.25) is 10.9 Å². The van der Waals surface area contributed by atoms with Gasteiger partial charge in [0.25, 0.3) is 0 Å². The summed E-state index contributed by atoms with van der Waals surface area (Å²) in [5.41, 5.74) is 0.425. The molecule has 0 unspecified atom stereocenters. The molecular weight excluding hydrogens is 668 g/mol. The van der Waals surface area contributed by atoms with E-state index in [1.807, 2.05) is 0 Å². The maximum absolute atomic E-state index is 11.6. The number of halogens is 8. The predicted octanol–water partition coefficient (Wildman–Crippen LogP) is 8.12. The minimum Gasteiger partial charge on any atom is -0.494 e. The maximum Gasteiger partial charge on any atom is 0.238 e. The van der Waals surface area contributed by atoms with E-state index in [2.05, 4.69) is 20.4 Å². The highest BCUT2D eigenvalue weighted by molar-refractivity contribution is 6.39. The van der Waals surface area contributed by atoms with Crippen LogP contribution >= 0.6 is 92.8 Å². The molecule has 0 radical (unpaired) electrons. The van der Waals surface area contributed by atoms with Gasteiger partial charge in [-0.25, -0.2) is 0 Å². The van der Waals surface area contributed by atoms with Gasteiger partial charge in [0, 0.05) is 11.1 Å². The first-order chi connectivity index (χ1) is 17.9. The zero-order valence-electron chi connectivity index (χ0n) is 18.9. The SMILES string of the molecule is COc1c(Cl)cc(-c2[nH]nc(Cl)c(=O)c2Cl)cc1Cl.COc1c(Cl)cc(-c2[nH]nc(Cl)c(=O)c2Cl)cc1Cl. The minimum atomic E-state index is -0.569. The highest BCUT2D eigenvalue weighted by atomic mass is 35.5. The van der Waals surface area contributed by atoms with Crippen LogP contribution in [0.3, 0.4) is 0 Å². The van der Waals surface area contributed by atoms with E-state index in [1.54, 1.807) is 24.3 Å². The van der Waals surface area contributed by atoms with Crippen molar-refractivity contribution in [2.24, 2.45) is 0 Å². The summed E-state index contributed by atoms with van der Waals surface area (Å²) in [7, 11) is 2.90. The smallest absolute Gasteiger partial charge is 0.238 e. The van der Waals surface area contributed by atoms with E-state index >= 15 is 0 Å². The lowest BCUT2D eigenvalue weighted by molar-refractivity contribution is 0.415. The molecule has 2 aromatic carbocycles. The third-order valence-electron chi connectivity index (χ3n) is 4.73. The van der Waals surface area contributed by atoms with Gasteiger partial charge in [0.15, 0.2) is 21.8 Å². The lowest BCUT2D eigenvalue weighted by Crippen LogP contribution is -2.08. The van der Waals surface area contributed by atoms with Crippen LogP contribution in [-0.2, 0) is 0 Å². The molecule has 0 amide bonds. The van der Waals surface area contributed by atoms with Crippen LogP contribution in [0.25, 0.3) is 22.5 Å². The molecule has 2 N–H and O–H groups in total. The number of aromatic nitrogens is 4. The number of H-pyrrole nitrogens is 2. The molecule has 0 aliphatic carbocycles. The Bertz CT molecular complexity index is 1470. The molecule has 4 rings (SSSR count). The molecule has 0 saturated heterocycles. The molecule has 2 heterocycles. The first kappa shape index (κ1) is 30.7. The molecule has 0 atom stereocenters. The van der Waals surface area contributed by atoms with E-state index in [0.29, 0.717) is 22.6 Å². The Labute approximate surface area is 254 Å². The standard InChI is InChI=1S/2C11H6Cl4N2O2/c2*1-19-10-5(12)2-4(3-6(10)13)8-7(14)9(18)11(15)17-16-8/h2*2-3H,1H3,(H,16,18). The van der Waals surface area contributed by atoms with E-state index in [0.717, 1.165) is 0 Å². The summed E-state index contributed by atoms with van der Waals surface area (Å²) in [6.07, 6.45) is 0. The number of methoxy groups -OCH3 is 2. The summed E-state index contributed by atoms with van der Waals surface area (Å²) in [5, 5.41) is 13.0. The van der Waals surface area contributed by atoms with Crippen molar-refractivity contribution in [1.82, 2.24) is 20.4 Å². The fourth-order valence-electron chi connectivity index (χ4n) is 3.00. The minimum absolute atomic E-state index is 0.0858.